The van der Waals surface area contributed by atoms with Gasteiger partial charge in [0.05, 0.1) is 6.33 Å². The number of rotatable bonds is 4. The van der Waals surface area contributed by atoms with E-state index in [0.717, 1.165) is 12.1 Å². The molecule has 0 radical (unpaired) electrons. The topological polar surface area (TPSA) is 69.6 Å². The van der Waals surface area contributed by atoms with E-state index in [4.69, 9.17) is 5.73 Å². The van der Waals surface area contributed by atoms with Crippen LogP contribution in [0.15, 0.2) is 12.7 Å². The number of aromatic nitrogens is 4. The van der Waals surface area contributed by atoms with E-state index >= 15 is 0 Å². The Labute approximate surface area is 101 Å². The first kappa shape index (κ1) is 11.8. The number of hydrogen-bond donors (Lipinski definition) is 1. The van der Waals surface area contributed by atoms with Crippen LogP contribution < -0.4 is 5.73 Å². The van der Waals surface area contributed by atoms with Crippen molar-refractivity contribution in [2.45, 2.75) is 45.6 Å². The first-order chi connectivity index (χ1) is 8.06. The Kier molecular flexibility index (Phi) is 3.00. The Morgan fingerprint density at radius 3 is 2.76 bits per heavy atom. The van der Waals surface area contributed by atoms with E-state index in [9.17, 15) is 0 Å². The predicted molar refractivity (Wildman–Crippen MR) is 68.6 cm³/mol. The Hall–Kier alpha value is -1.65. The van der Waals surface area contributed by atoms with Crippen LogP contribution in [0.2, 0.25) is 0 Å². The van der Waals surface area contributed by atoms with Crippen LogP contribution in [0.1, 0.15) is 40.0 Å². The van der Waals surface area contributed by atoms with E-state index in [-0.39, 0.29) is 5.54 Å². The fourth-order valence-electron chi connectivity index (χ4n) is 2.03. The van der Waals surface area contributed by atoms with Crippen LogP contribution in [0, 0.1) is 0 Å². The molecule has 2 N–H and O–H groups in total. The zero-order valence-electron chi connectivity index (χ0n) is 10.6. The zero-order chi connectivity index (χ0) is 12.5. The van der Waals surface area contributed by atoms with E-state index in [1.807, 2.05) is 6.33 Å². The van der Waals surface area contributed by atoms with E-state index in [1.54, 1.807) is 0 Å². The molecule has 2 aromatic rings. The van der Waals surface area contributed by atoms with E-state index < -0.39 is 0 Å². The third-order valence-corrected chi connectivity index (χ3v) is 3.16. The van der Waals surface area contributed by atoms with Crippen LogP contribution in [0.4, 0.5) is 5.82 Å². The molecule has 5 heteroatoms. The number of unbranched alkanes of at least 4 members (excludes halogenated alkanes) is 1. The summed E-state index contributed by atoms with van der Waals surface area (Å²) in [5.74, 6) is 0.444. The minimum absolute atomic E-state index is 0.00551. The van der Waals surface area contributed by atoms with Crippen LogP contribution in [-0.4, -0.2) is 19.5 Å². The highest BCUT2D eigenvalue weighted by Gasteiger charge is 2.22. The molecular formula is C12H19N5. The molecule has 0 amide bonds. The van der Waals surface area contributed by atoms with Crippen molar-refractivity contribution in [3.63, 3.8) is 0 Å². The van der Waals surface area contributed by atoms with Crippen molar-refractivity contribution >= 4 is 17.0 Å². The minimum Gasteiger partial charge on any atom is -0.382 e. The smallest absolute Gasteiger partial charge is 0.165 e. The first-order valence-electron chi connectivity index (χ1n) is 6.00. The number of nitrogen functional groups attached to an aromatic ring is 1. The largest absolute Gasteiger partial charge is 0.382 e. The van der Waals surface area contributed by atoms with Gasteiger partial charge in [-0.05, 0) is 20.3 Å². The van der Waals surface area contributed by atoms with Crippen LogP contribution in [0.25, 0.3) is 11.2 Å². The van der Waals surface area contributed by atoms with Crippen molar-refractivity contribution < 1.29 is 0 Å². The van der Waals surface area contributed by atoms with Crippen molar-refractivity contribution in [2.24, 2.45) is 0 Å². The Morgan fingerprint density at radius 2 is 2.06 bits per heavy atom. The summed E-state index contributed by atoms with van der Waals surface area (Å²) in [5, 5.41) is 0. The van der Waals surface area contributed by atoms with Gasteiger partial charge in [0.15, 0.2) is 11.5 Å². The lowest BCUT2D eigenvalue weighted by Gasteiger charge is -2.26. The van der Waals surface area contributed by atoms with Crippen molar-refractivity contribution in [1.82, 2.24) is 19.5 Å². The SMILES string of the molecule is CCCCC(C)(C)n1cnc2c(N)ncnc21. The molecule has 17 heavy (non-hydrogen) atoms. The van der Waals surface area contributed by atoms with Crippen molar-refractivity contribution in [2.75, 3.05) is 5.73 Å². The summed E-state index contributed by atoms with van der Waals surface area (Å²) in [6.07, 6.45) is 6.77. The fourth-order valence-corrected chi connectivity index (χ4v) is 2.03. The lowest BCUT2D eigenvalue weighted by atomic mass is 9.97. The Morgan fingerprint density at radius 1 is 1.29 bits per heavy atom. The van der Waals surface area contributed by atoms with Gasteiger partial charge >= 0.3 is 0 Å². The van der Waals surface area contributed by atoms with Gasteiger partial charge in [0.25, 0.3) is 0 Å². The van der Waals surface area contributed by atoms with Crippen LogP contribution in [0.5, 0.6) is 0 Å². The molecule has 0 unspecified atom stereocenters. The van der Waals surface area contributed by atoms with E-state index in [0.29, 0.717) is 11.3 Å². The second-order valence-electron chi connectivity index (χ2n) is 4.96. The molecule has 0 aliphatic rings. The highest BCUT2D eigenvalue weighted by molar-refractivity contribution is 5.81. The van der Waals surface area contributed by atoms with Gasteiger partial charge in [-0.3, -0.25) is 0 Å². The van der Waals surface area contributed by atoms with E-state index in [1.165, 1.54) is 19.2 Å². The summed E-state index contributed by atoms with van der Waals surface area (Å²) in [6.45, 7) is 6.59. The molecular weight excluding hydrogens is 214 g/mol. The molecule has 0 atom stereocenters. The molecule has 92 valence electrons. The highest BCUT2D eigenvalue weighted by Crippen LogP contribution is 2.27. The Bertz CT molecular complexity index is 515. The van der Waals surface area contributed by atoms with Crippen molar-refractivity contribution in [1.29, 1.82) is 0 Å². The molecule has 2 rings (SSSR count). The van der Waals surface area contributed by atoms with Gasteiger partial charge < -0.3 is 10.3 Å². The molecule has 0 aliphatic carbocycles. The zero-order valence-corrected chi connectivity index (χ0v) is 10.6. The highest BCUT2D eigenvalue weighted by atomic mass is 15.2. The van der Waals surface area contributed by atoms with Gasteiger partial charge in [0.1, 0.15) is 11.8 Å². The third-order valence-electron chi connectivity index (χ3n) is 3.16. The molecule has 0 spiro atoms. The monoisotopic (exact) mass is 233 g/mol. The number of imidazole rings is 1. The second-order valence-corrected chi connectivity index (χ2v) is 4.96. The lowest BCUT2D eigenvalue weighted by Crippen LogP contribution is -2.25. The second kappa shape index (κ2) is 4.31. The number of nitrogens with two attached hydrogens (primary N) is 1. The van der Waals surface area contributed by atoms with Gasteiger partial charge in [-0.2, -0.15) is 0 Å². The lowest BCUT2D eigenvalue weighted by molar-refractivity contribution is 0.324. The van der Waals surface area contributed by atoms with Crippen LogP contribution in [0.3, 0.4) is 0 Å². The van der Waals surface area contributed by atoms with Gasteiger partial charge in [-0.1, -0.05) is 19.8 Å². The van der Waals surface area contributed by atoms with Crippen LogP contribution >= 0.6 is 0 Å². The van der Waals surface area contributed by atoms with Gasteiger partial charge in [-0.15, -0.1) is 0 Å². The predicted octanol–water partition coefficient (Wildman–Crippen LogP) is 2.33. The summed E-state index contributed by atoms with van der Waals surface area (Å²) in [7, 11) is 0. The quantitative estimate of drug-likeness (QED) is 0.880. The van der Waals surface area contributed by atoms with Gasteiger partial charge in [0, 0.05) is 5.54 Å². The van der Waals surface area contributed by atoms with Gasteiger partial charge in [-0.25, -0.2) is 15.0 Å². The molecule has 0 bridgehead atoms. The standard InChI is InChI=1S/C12H19N5/c1-4-5-6-12(2,3)17-8-16-9-10(13)14-7-15-11(9)17/h7-8H,4-6H2,1-3H3,(H2,13,14,15). The summed E-state index contributed by atoms with van der Waals surface area (Å²) in [4.78, 5) is 12.5. The molecule has 2 aromatic heterocycles. The average molecular weight is 233 g/mol. The summed E-state index contributed by atoms with van der Waals surface area (Å²) in [5.41, 5.74) is 7.30. The summed E-state index contributed by atoms with van der Waals surface area (Å²) >= 11 is 0. The van der Waals surface area contributed by atoms with Crippen molar-refractivity contribution in [3.05, 3.63) is 12.7 Å². The molecule has 0 aliphatic heterocycles. The molecule has 2 heterocycles. The third kappa shape index (κ3) is 2.09. The summed E-state index contributed by atoms with van der Waals surface area (Å²) in [6, 6.07) is 0. The van der Waals surface area contributed by atoms with Crippen LogP contribution in [-0.2, 0) is 5.54 Å². The minimum atomic E-state index is 0.00551. The summed E-state index contributed by atoms with van der Waals surface area (Å²) < 4.78 is 2.09. The Balaban J connectivity index is 2.45. The fraction of sp³-hybridized carbons (Fsp3) is 0.583. The van der Waals surface area contributed by atoms with Crippen molar-refractivity contribution in [3.8, 4) is 0 Å². The van der Waals surface area contributed by atoms with E-state index in [2.05, 4.69) is 40.3 Å². The molecule has 0 saturated carbocycles. The maximum atomic E-state index is 5.79. The maximum Gasteiger partial charge on any atom is 0.165 e. The maximum absolute atomic E-state index is 5.79. The number of nitrogens with zero attached hydrogens (tertiary/aromatic N) is 4. The normalized spacial score (nSPS) is 12.2. The number of fused-ring (bicyclic) bond motifs is 1. The van der Waals surface area contributed by atoms with Gasteiger partial charge in [0.2, 0.25) is 0 Å². The molecule has 0 fully saturated rings. The number of anilines is 1. The average Bonchev–Trinajstić information content (AvgIpc) is 2.72. The molecule has 0 saturated heterocycles. The molecule has 5 nitrogen and oxygen atoms in total. The number of hydrogen-bond acceptors (Lipinski definition) is 4. The first-order valence-corrected chi connectivity index (χ1v) is 6.00. The molecule has 0 aromatic carbocycles.